The van der Waals surface area contributed by atoms with E-state index in [1.54, 1.807) is 18.3 Å². The van der Waals surface area contributed by atoms with Gasteiger partial charge in [-0.25, -0.2) is 0 Å². The minimum atomic E-state index is -0.782. The molecule has 1 aromatic rings. The van der Waals surface area contributed by atoms with Gasteiger partial charge in [0.2, 0.25) is 5.91 Å². The second kappa shape index (κ2) is 7.06. The van der Waals surface area contributed by atoms with Gasteiger partial charge in [0.15, 0.2) is 0 Å². The maximum Gasteiger partial charge on any atom is 0.306 e. The lowest BCUT2D eigenvalue weighted by molar-refractivity contribution is -0.141. The number of nitrogens with one attached hydrogen (secondary N) is 1. The van der Waals surface area contributed by atoms with E-state index in [1.807, 2.05) is 17.5 Å². The van der Waals surface area contributed by atoms with Gasteiger partial charge in [-0.3, -0.25) is 9.59 Å². The molecule has 1 aromatic heterocycles. The van der Waals surface area contributed by atoms with Gasteiger partial charge in [-0.1, -0.05) is 13.0 Å². The second-order valence-corrected chi connectivity index (χ2v) is 5.02. The number of hydrogen-bond donors (Lipinski definition) is 2. The lowest BCUT2D eigenvalue weighted by atomic mass is 10.1. The minimum Gasteiger partial charge on any atom is -0.481 e. The van der Waals surface area contributed by atoms with Crippen molar-refractivity contribution in [2.24, 2.45) is 5.92 Å². The van der Waals surface area contributed by atoms with Gasteiger partial charge in [-0.2, -0.15) is 0 Å². The maximum atomic E-state index is 11.5. The summed E-state index contributed by atoms with van der Waals surface area (Å²) >= 11 is 1.56. The van der Waals surface area contributed by atoms with Crippen LogP contribution in [0.4, 0.5) is 0 Å². The average molecular weight is 255 g/mol. The van der Waals surface area contributed by atoms with E-state index in [1.165, 1.54) is 0 Å². The highest BCUT2D eigenvalue weighted by atomic mass is 32.1. The maximum absolute atomic E-state index is 11.5. The Morgan fingerprint density at radius 2 is 2.29 bits per heavy atom. The first-order valence-corrected chi connectivity index (χ1v) is 6.49. The first kappa shape index (κ1) is 13.7. The van der Waals surface area contributed by atoms with Gasteiger partial charge in [-0.15, -0.1) is 11.3 Å². The molecule has 1 rings (SSSR count). The normalized spacial score (nSPS) is 12.1. The summed E-state index contributed by atoms with van der Waals surface area (Å²) in [7, 11) is 0. The molecule has 0 radical (unpaired) electrons. The third kappa shape index (κ3) is 5.49. The van der Waals surface area contributed by atoms with Crippen LogP contribution in [0, 0.1) is 5.92 Å². The van der Waals surface area contributed by atoms with Gasteiger partial charge in [0.25, 0.3) is 0 Å². The van der Waals surface area contributed by atoms with Gasteiger partial charge in [-0.05, 0) is 24.3 Å². The van der Waals surface area contributed by atoms with Crippen molar-refractivity contribution in [3.63, 3.8) is 0 Å². The zero-order valence-corrected chi connectivity index (χ0v) is 10.6. The molecule has 1 atom stereocenters. The highest BCUT2D eigenvalue weighted by Crippen LogP contribution is 2.09. The fourth-order valence-electron chi connectivity index (χ4n) is 1.39. The van der Waals surface area contributed by atoms with Crippen LogP contribution in [0.5, 0.6) is 0 Å². The van der Waals surface area contributed by atoms with Crippen LogP contribution >= 0.6 is 11.3 Å². The Balaban J connectivity index is 2.10. The van der Waals surface area contributed by atoms with Crippen molar-refractivity contribution < 1.29 is 14.7 Å². The van der Waals surface area contributed by atoms with Gasteiger partial charge < -0.3 is 10.4 Å². The number of carbonyl (C=O) groups excluding carboxylic acids is 1. The van der Waals surface area contributed by atoms with Gasteiger partial charge >= 0.3 is 5.97 Å². The first-order chi connectivity index (χ1) is 8.09. The average Bonchev–Trinajstić information content (AvgIpc) is 2.76. The fraction of sp³-hybridized carbons (Fsp3) is 0.500. The Kier molecular flexibility index (Phi) is 5.69. The monoisotopic (exact) mass is 255 g/mol. The lowest BCUT2D eigenvalue weighted by Crippen LogP contribution is -2.26. The van der Waals surface area contributed by atoms with E-state index in [9.17, 15) is 9.59 Å². The summed E-state index contributed by atoms with van der Waals surface area (Å²) in [5.74, 6) is -1.13. The predicted octanol–water partition coefficient (Wildman–Crippen LogP) is 1.91. The molecule has 2 N–H and O–H groups in total. The molecule has 0 aromatic carbocycles. The first-order valence-electron chi connectivity index (χ1n) is 5.61. The molecule has 0 aliphatic rings. The standard InChI is InChI=1S/C12H17NO3S/c1-9(12(15)16)4-2-6-13-11(14)8-10-5-3-7-17-10/h3,5,7,9H,2,4,6,8H2,1H3,(H,13,14)(H,15,16). The van der Waals surface area contributed by atoms with Crippen LogP contribution in [0.25, 0.3) is 0 Å². The van der Waals surface area contributed by atoms with Crippen molar-refractivity contribution in [1.29, 1.82) is 0 Å². The van der Waals surface area contributed by atoms with E-state index < -0.39 is 5.97 Å². The van der Waals surface area contributed by atoms with Crippen molar-refractivity contribution in [3.05, 3.63) is 22.4 Å². The molecule has 0 saturated heterocycles. The van der Waals surface area contributed by atoms with Crippen LogP contribution in [-0.4, -0.2) is 23.5 Å². The number of hydrogen-bond acceptors (Lipinski definition) is 3. The Hall–Kier alpha value is -1.36. The van der Waals surface area contributed by atoms with Crippen molar-refractivity contribution in [1.82, 2.24) is 5.32 Å². The molecule has 1 amide bonds. The van der Waals surface area contributed by atoms with E-state index in [4.69, 9.17) is 5.11 Å². The van der Waals surface area contributed by atoms with Crippen LogP contribution in [-0.2, 0) is 16.0 Å². The second-order valence-electron chi connectivity index (χ2n) is 3.99. The summed E-state index contributed by atoms with van der Waals surface area (Å²) in [6.07, 6.45) is 1.70. The highest BCUT2D eigenvalue weighted by Gasteiger charge is 2.10. The van der Waals surface area contributed by atoms with E-state index in [2.05, 4.69) is 5.32 Å². The number of thiophene rings is 1. The largest absolute Gasteiger partial charge is 0.481 e. The molecule has 0 saturated carbocycles. The molecule has 94 valence electrons. The molecular formula is C12H17NO3S. The molecular weight excluding hydrogens is 238 g/mol. The summed E-state index contributed by atoms with van der Waals surface area (Å²) in [6, 6.07) is 3.85. The smallest absolute Gasteiger partial charge is 0.306 e. The molecule has 17 heavy (non-hydrogen) atoms. The van der Waals surface area contributed by atoms with Crippen molar-refractivity contribution in [2.75, 3.05) is 6.54 Å². The van der Waals surface area contributed by atoms with Crippen LogP contribution in [0.1, 0.15) is 24.6 Å². The summed E-state index contributed by atoms with van der Waals surface area (Å²) in [5, 5.41) is 13.4. The molecule has 5 heteroatoms. The fourth-order valence-corrected chi connectivity index (χ4v) is 2.10. The van der Waals surface area contributed by atoms with Crippen LogP contribution in [0.2, 0.25) is 0 Å². The molecule has 0 bridgehead atoms. The van der Waals surface area contributed by atoms with Crippen LogP contribution < -0.4 is 5.32 Å². The number of aliphatic carboxylic acids is 1. The molecule has 4 nitrogen and oxygen atoms in total. The zero-order valence-electron chi connectivity index (χ0n) is 9.81. The Morgan fingerprint density at radius 3 is 2.88 bits per heavy atom. The number of carboxylic acids is 1. The SMILES string of the molecule is CC(CCCNC(=O)Cc1cccs1)C(=O)O. The van der Waals surface area contributed by atoms with E-state index in [0.29, 0.717) is 25.8 Å². The molecule has 0 spiro atoms. The summed E-state index contributed by atoms with van der Waals surface area (Å²) in [5.41, 5.74) is 0. The van der Waals surface area contributed by atoms with Gasteiger partial charge in [0.05, 0.1) is 12.3 Å². The highest BCUT2D eigenvalue weighted by molar-refractivity contribution is 7.10. The van der Waals surface area contributed by atoms with Crippen LogP contribution in [0.3, 0.4) is 0 Å². The predicted molar refractivity (Wildman–Crippen MR) is 67.1 cm³/mol. The third-order valence-electron chi connectivity index (χ3n) is 2.47. The summed E-state index contributed by atoms with van der Waals surface area (Å²) < 4.78 is 0. The molecule has 0 fully saturated rings. The van der Waals surface area contributed by atoms with Crippen molar-refractivity contribution >= 4 is 23.2 Å². The van der Waals surface area contributed by atoms with E-state index >= 15 is 0 Å². The zero-order chi connectivity index (χ0) is 12.7. The van der Waals surface area contributed by atoms with Gasteiger partial charge in [0, 0.05) is 11.4 Å². The van der Waals surface area contributed by atoms with Crippen molar-refractivity contribution in [3.8, 4) is 0 Å². The Bertz CT molecular complexity index is 362. The molecule has 1 heterocycles. The quantitative estimate of drug-likeness (QED) is 0.731. The summed E-state index contributed by atoms with van der Waals surface area (Å²) in [4.78, 5) is 23.1. The van der Waals surface area contributed by atoms with E-state index in [0.717, 1.165) is 4.88 Å². The Labute approximate surface area is 105 Å². The molecule has 0 aliphatic heterocycles. The van der Waals surface area contributed by atoms with Gasteiger partial charge in [0.1, 0.15) is 0 Å². The lowest BCUT2D eigenvalue weighted by Gasteiger charge is -2.06. The van der Waals surface area contributed by atoms with Crippen molar-refractivity contribution in [2.45, 2.75) is 26.2 Å². The number of carbonyl (C=O) groups is 2. The Morgan fingerprint density at radius 1 is 1.53 bits per heavy atom. The van der Waals surface area contributed by atoms with E-state index in [-0.39, 0.29) is 11.8 Å². The number of rotatable bonds is 7. The minimum absolute atomic E-state index is 0.00423. The van der Waals surface area contributed by atoms with Crippen LogP contribution in [0.15, 0.2) is 17.5 Å². The third-order valence-corrected chi connectivity index (χ3v) is 3.35. The molecule has 1 unspecified atom stereocenters. The topological polar surface area (TPSA) is 66.4 Å². The number of carboxylic acid groups (broad SMARTS) is 1. The summed E-state index contributed by atoms with van der Waals surface area (Å²) in [6.45, 7) is 2.22. The molecule has 0 aliphatic carbocycles. The number of amides is 1.